The summed E-state index contributed by atoms with van der Waals surface area (Å²) in [5.74, 6) is 1.94. The van der Waals surface area contributed by atoms with Gasteiger partial charge in [0.05, 0.1) is 13.7 Å². The van der Waals surface area contributed by atoms with Crippen molar-refractivity contribution >= 4 is 35.8 Å². The molecule has 8 nitrogen and oxygen atoms in total. The van der Waals surface area contributed by atoms with Crippen molar-refractivity contribution in [3.8, 4) is 5.75 Å². The van der Waals surface area contributed by atoms with E-state index in [0.717, 1.165) is 56.9 Å². The highest BCUT2D eigenvalue weighted by atomic mass is 127. The Morgan fingerprint density at radius 2 is 1.90 bits per heavy atom. The van der Waals surface area contributed by atoms with Crippen molar-refractivity contribution in [1.29, 1.82) is 0 Å². The number of methoxy groups -OCH3 is 1. The molecule has 1 aromatic rings. The zero-order chi connectivity index (χ0) is 20.7. The van der Waals surface area contributed by atoms with Gasteiger partial charge in [0.15, 0.2) is 5.96 Å². The molecular weight excluding hydrogens is 499 g/mol. The van der Waals surface area contributed by atoms with Crippen LogP contribution in [-0.2, 0) is 20.8 Å². The van der Waals surface area contributed by atoms with Crippen LogP contribution in [0.25, 0.3) is 0 Å². The number of benzene rings is 1. The summed E-state index contributed by atoms with van der Waals surface area (Å²) in [5.41, 5.74) is 1.02. The fourth-order valence-corrected chi connectivity index (χ4v) is 2.94. The van der Waals surface area contributed by atoms with Crippen molar-refractivity contribution in [2.75, 3.05) is 53.7 Å². The molecule has 0 aliphatic carbocycles. The molecule has 1 fully saturated rings. The first-order chi connectivity index (χ1) is 14.2. The summed E-state index contributed by atoms with van der Waals surface area (Å²) < 4.78 is 16.2. The van der Waals surface area contributed by atoms with Gasteiger partial charge in [-0.15, -0.1) is 24.0 Å². The fourth-order valence-electron chi connectivity index (χ4n) is 2.94. The number of carbonyl (C=O) groups is 1. The van der Waals surface area contributed by atoms with Gasteiger partial charge in [-0.3, -0.25) is 9.79 Å². The molecule has 0 aromatic heterocycles. The van der Waals surface area contributed by atoms with Gasteiger partial charge >= 0.3 is 0 Å². The van der Waals surface area contributed by atoms with Gasteiger partial charge in [0, 0.05) is 46.6 Å². The second kappa shape index (κ2) is 16.1. The fraction of sp³-hybridized carbons (Fsp3) is 0.619. The second-order valence-electron chi connectivity index (χ2n) is 6.96. The molecule has 1 aliphatic rings. The molecule has 0 bridgehead atoms. The van der Waals surface area contributed by atoms with Crippen molar-refractivity contribution in [2.45, 2.75) is 25.8 Å². The summed E-state index contributed by atoms with van der Waals surface area (Å²) in [4.78, 5) is 16.1. The quantitative estimate of drug-likeness (QED) is 0.174. The number of carbonyl (C=O) groups excluding carboxylic acids is 1. The van der Waals surface area contributed by atoms with E-state index in [9.17, 15) is 4.79 Å². The van der Waals surface area contributed by atoms with E-state index in [1.165, 1.54) is 0 Å². The molecule has 0 spiro atoms. The third kappa shape index (κ3) is 11.0. The summed E-state index contributed by atoms with van der Waals surface area (Å²) in [7, 11) is 3.32. The number of rotatable bonds is 11. The van der Waals surface area contributed by atoms with Crippen molar-refractivity contribution in [2.24, 2.45) is 10.9 Å². The Bertz CT molecular complexity index is 622. The predicted octanol–water partition coefficient (Wildman–Crippen LogP) is 1.93. The van der Waals surface area contributed by atoms with Crippen LogP contribution < -0.4 is 20.7 Å². The number of nitrogens with zero attached hydrogens (tertiary/aromatic N) is 1. The lowest BCUT2D eigenvalue weighted by atomic mass is 10.0. The molecular formula is C21H35IN4O4. The van der Waals surface area contributed by atoms with E-state index < -0.39 is 0 Å². The molecule has 1 aliphatic heterocycles. The number of halogens is 1. The molecule has 1 saturated heterocycles. The smallest absolute Gasteiger partial charge is 0.239 e. The number of hydrogen-bond donors (Lipinski definition) is 3. The molecule has 1 aromatic carbocycles. The Labute approximate surface area is 196 Å². The third-order valence-corrected chi connectivity index (χ3v) is 4.74. The molecule has 3 N–H and O–H groups in total. The highest BCUT2D eigenvalue weighted by Gasteiger charge is 2.13. The minimum Gasteiger partial charge on any atom is -0.497 e. The Morgan fingerprint density at radius 1 is 1.17 bits per heavy atom. The first-order valence-corrected chi connectivity index (χ1v) is 10.2. The van der Waals surface area contributed by atoms with Crippen molar-refractivity contribution in [1.82, 2.24) is 16.0 Å². The van der Waals surface area contributed by atoms with Crippen molar-refractivity contribution < 1.29 is 19.0 Å². The minimum absolute atomic E-state index is 0. The summed E-state index contributed by atoms with van der Waals surface area (Å²) in [6.07, 6.45) is 3.07. The van der Waals surface area contributed by atoms with Gasteiger partial charge in [-0.05, 0) is 42.9 Å². The maximum Gasteiger partial charge on any atom is 0.239 e. The molecule has 170 valence electrons. The van der Waals surface area contributed by atoms with Crippen LogP contribution in [0.3, 0.4) is 0 Å². The predicted molar refractivity (Wildman–Crippen MR) is 129 cm³/mol. The molecule has 1 amide bonds. The Kier molecular flexibility index (Phi) is 14.2. The van der Waals surface area contributed by atoms with E-state index in [4.69, 9.17) is 14.2 Å². The normalized spacial score (nSPS) is 14.5. The number of ether oxygens (including phenoxy) is 3. The van der Waals surface area contributed by atoms with E-state index in [2.05, 4.69) is 20.9 Å². The molecule has 0 atom stereocenters. The van der Waals surface area contributed by atoms with E-state index >= 15 is 0 Å². The number of nitrogens with one attached hydrogen (secondary N) is 3. The van der Waals surface area contributed by atoms with Crippen LogP contribution in [0, 0.1) is 5.92 Å². The summed E-state index contributed by atoms with van der Waals surface area (Å²) in [6.45, 7) is 4.60. The van der Waals surface area contributed by atoms with E-state index in [1.807, 2.05) is 24.3 Å². The zero-order valence-corrected chi connectivity index (χ0v) is 20.3. The number of hydrogen-bond acceptors (Lipinski definition) is 5. The highest BCUT2D eigenvalue weighted by molar-refractivity contribution is 14.0. The topological polar surface area (TPSA) is 93.2 Å². The van der Waals surface area contributed by atoms with E-state index in [0.29, 0.717) is 25.0 Å². The first-order valence-electron chi connectivity index (χ1n) is 10.2. The Balaban J connectivity index is 0.00000450. The van der Waals surface area contributed by atoms with Crippen molar-refractivity contribution in [3.63, 3.8) is 0 Å². The van der Waals surface area contributed by atoms with Gasteiger partial charge in [0.2, 0.25) is 5.91 Å². The Hall–Kier alpha value is -1.59. The zero-order valence-electron chi connectivity index (χ0n) is 17.9. The molecule has 0 radical (unpaired) electrons. The maximum absolute atomic E-state index is 12.0. The average molecular weight is 534 g/mol. The molecule has 1 heterocycles. The molecule has 0 unspecified atom stereocenters. The van der Waals surface area contributed by atoms with Gasteiger partial charge in [-0.1, -0.05) is 12.1 Å². The average Bonchev–Trinajstić information content (AvgIpc) is 2.77. The molecule has 0 saturated carbocycles. The van der Waals surface area contributed by atoms with Gasteiger partial charge in [0.1, 0.15) is 5.75 Å². The van der Waals surface area contributed by atoms with Crippen LogP contribution in [-0.4, -0.2) is 65.5 Å². The highest BCUT2D eigenvalue weighted by Crippen LogP contribution is 2.14. The lowest BCUT2D eigenvalue weighted by Gasteiger charge is -2.21. The largest absolute Gasteiger partial charge is 0.497 e. The summed E-state index contributed by atoms with van der Waals surface area (Å²) in [5, 5.41) is 9.09. The monoisotopic (exact) mass is 534 g/mol. The number of guanidine groups is 1. The lowest BCUT2D eigenvalue weighted by Crippen LogP contribution is -2.43. The molecule has 2 rings (SSSR count). The Morgan fingerprint density at radius 3 is 2.57 bits per heavy atom. The van der Waals surface area contributed by atoms with Crippen LogP contribution >= 0.6 is 24.0 Å². The summed E-state index contributed by atoms with van der Waals surface area (Å²) >= 11 is 0. The van der Waals surface area contributed by atoms with Crippen molar-refractivity contribution in [3.05, 3.63) is 29.8 Å². The third-order valence-electron chi connectivity index (χ3n) is 4.74. The minimum atomic E-state index is -0.0939. The van der Waals surface area contributed by atoms with E-state index in [-0.39, 0.29) is 36.4 Å². The molecule has 30 heavy (non-hydrogen) atoms. The van der Waals surface area contributed by atoms with Gasteiger partial charge < -0.3 is 30.2 Å². The van der Waals surface area contributed by atoms with Crippen LogP contribution in [0.5, 0.6) is 5.75 Å². The number of aliphatic imine (C=N–C) groups is 1. The van der Waals surface area contributed by atoms with Crippen LogP contribution in [0.1, 0.15) is 24.8 Å². The van der Waals surface area contributed by atoms with Crippen LogP contribution in [0.15, 0.2) is 29.3 Å². The molecule has 9 heteroatoms. The first kappa shape index (κ1) is 26.4. The van der Waals surface area contributed by atoms with Gasteiger partial charge in [-0.25, -0.2) is 0 Å². The summed E-state index contributed by atoms with van der Waals surface area (Å²) in [6, 6.07) is 7.60. The van der Waals surface area contributed by atoms with E-state index in [1.54, 1.807) is 14.2 Å². The maximum atomic E-state index is 12.0. The lowest BCUT2D eigenvalue weighted by molar-refractivity contribution is -0.120. The van der Waals surface area contributed by atoms with Crippen LogP contribution in [0.2, 0.25) is 0 Å². The van der Waals surface area contributed by atoms with Gasteiger partial charge in [0.25, 0.3) is 0 Å². The standard InChI is InChI=1S/C21H34N4O4.HI/c1-22-21(23-10-3-11-29-16-18-8-12-28-13-9-18)25-15-20(26)24-14-17-4-6-19(27-2)7-5-17;/h4-7,18H,3,8-16H2,1-2H3,(H,24,26)(H2,22,23,25);1H. The second-order valence-corrected chi connectivity index (χ2v) is 6.96. The van der Waals surface area contributed by atoms with Crippen LogP contribution in [0.4, 0.5) is 0 Å². The van der Waals surface area contributed by atoms with Gasteiger partial charge in [-0.2, -0.15) is 0 Å². The number of amides is 1. The SMILES string of the molecule is CN=C(NCCCOCC1CCOCC1)NCC(=O)NCc1ccc(OC)cc1.I.